The predicted molar refractivity (Wildman–Crippen MR) is 55.9 cm³/mol. The van der Waals surface area contributed by atoms with Crippen molar-refractivity contribution in [3.05, 3.63) is 18.2 Å². The summed E-state index contributed by atoms with van der Waals surface area (Å²) >= 11 is 0. The molecule has 0 aromatic carbocycles. The Hall–Kier alpha value is -0.870. The fourth-order valence-electron chi connectivity index (χ4n) is 1.31. The summed E-state index contributed by atoms with van der Waals surface area (Å²) in [5.41, 5.74) is 6.58. The van der Waals surface area contributed by atoms with Crippen LogP contribution in [0, 0.1) is 0 Å². The molecule has 0 fully saturated rings. The average molecular weight is 197 g/mol. The zero-order chi connectivity index (χ0) is 10.4. The van der Waals surface area contributed by atoms with Gasteiger partial charge in [0, 0.05) is 25.2 Å². The van der Waals surface area contributed by atoms with Crippen LogP contribution >= 0.6 is 0 Å². The summed E-state index contributed by atoms with van der Waals surface area (Å²) in [6, 6.07) is -0.190. The molecule has 0 aliphatic carbocycles. The first-order valence-corrected chi connectivity index (χ1v) is 5.13. The SMILES string of the molecule is CCCCn1cnc(C[C@@H](N)CO)c1. The lowest BCUT2D eigenvalue weighted by atomic mass is 10.2. The molecular weight excluding hydrogens is 178 g/mol. The molecule has 0 radical (unpaired) electrons. The van der Waals surface area contributed by atoms with Gasteiger partial charge in [0.2, 0.25) is 0 Å². The van der Waals surface area contributed by atoms with Gasteiger partial charge in [-0.1, -0.05) is 13.3 Å². The van der Waals surface area contributed by atoms with Crippen LogP contribution in [0.2, 0.25) is 0 Å². The molecule has 0 spiro atoms. The van der Waals surface area contributed by atoms with E-state index in [2.05, 4.69) is 16.5 Å². The zero-order valence-electron chi connectivity index (χ0n) is 8.69. The Morgan fingerprint density at radius 2 is 2.43 bits per heavy atom. The lowest BCUT2D eigenvalue weighted by molar-refractivity contribution is 0.264. The van der Waals surface area contributed by atoms with Gasteiger partial charge in [0.1, 0.15) is 0 Å². The maximum Gasteiger partial charge on any atom is 0.0949 e. The predicted octanol–water partition coefficient (Wildman–Crippen LogP) is 0.545. The van der Waals surface area contributed by atoms with Gasteiger partial charge >= 0.3 is 0 Å². The van der Waals surface area contributed by atoms with E-state index in [1.54, 1.807) is 0 Å². The van der Waals surface area contributed by atoms with Crippen molar-refractivity contribution < 1.29 is 5.11 Å². The summed E-state index contributed by atoms with van der Waals surface area (Å²) in [4.78, 5) is 4.23. The minimum atomic E-state index is -0.190. The summed E-state index contributed by atoms with van der Waals surface area (Å²) in [7, 11) is 0. The van der Waals surface area contributed by atoms with E-state index in [0.717, 1.165) is 12.2 Å². The fourth-order valence-corrected chi connectivity index (χ4v) is 1.31. The van der Waals surface area contributed by atoms with Gasteiger partial charge in [-0.05, 0) is 6.42 Å². The number of aliphatic hydroxyl groups excluding tert-OH is 1. The van der Waals surface area contributed by atoms with E-state index >= 15 is 0 Å². The normalized spacial score (nSPS) is 13.1. The molecule has 0 saturated heterocycles. The Kier molecular flexibility index (Phi) is 4.62. The van der Waals surface area contributed by atoms with Crippen LogP contribution in [-0.2, 0) is 13.0 Å². The van der Waals surface area contributed by atoms with Crippen molar-refractivity contribution in [3.8, 4) is 0 Å². The van der Waals surface area contributed by atoms with Crippen molar-refractivity contribution in [2.45, 2.75) is 38.8 Å². The molecule has 0 unspecified atom stereocenters. The molecule has 1 atom stereocenters. The molecule has 0 aliphatic heterocycles. The molecule has 80 valence electrons. The first-order valence-electron chi connectivity index (χ1n) is 5.13. The third-order valence-corrected chi connectivity index (χ3v) is 2.16. The van der Waals surface area contributed by atoms with Gasteiger partial charge in [-0.15, -0.1) is 0 Å². The molecule has 0 amide bonds. The minimum absolute atomic E-state index is 0.0157. The van der Waals surface area contributed by atoms with Crippen LogP contribution in [0.15, 0.2) is 12.5 Å². The quantitative estimate of drug-likeness (QED) is 0.700. The number of rotatable bonds is 6. The van der Waals surface area contributed by atoms with Gasteiger partial charge in [-0.2, -0.15) is 0 Å². The second kappa shape index (κ2) is 5.78. The molecule has 1 heterocycles. The van der Waals surface area contributed by atoms with Crippen molar-refractivity contribution in [2.24, 2.45) is 5.73 Å². The maximum atomic E-state index is 8.78. The van der Waals surface area contributed by atoms with Crippen LogP contribution in [0.3, 0.4) is 0 Å². The van der Waals surface area contributed by atoms with Crippen LogP contribution in [0.5, 0.6) is 0 Å². The summed E-state index contributed by atoms with van der Waals surface area (Å²) < 4.78 is 2.07. The summed E-state index contributed by atoms with van der Waals surface area (Å²) in [5.74, 6) is 0. The smallest absolute Gasteiger partial charge is 0.0949 e. The number of aryl methyl sites for hydroxylation is 1. The standard InChI is InChI=1S/C10H19N3O/c1-2-3-4-13-6-10(12-8-13)5-9(11)7-14/h6,8-9,14H,2-5,7,11H2,1H3/t9-/m1/s1. The van der Waals surface area contributed by atoms with Crippen molar-refractivity contribution in [3.63, 3.8) is 0 Å². The summed E-state index contributed by atoms with van der Waals surface area (Å²) in [6.07, 6.45) is 6.83. The van der Waals surface area contributed by atoms with Gasteiger partial charge in [0.05, 0.1) is 18.6 Å². The van der Waals surface area contributed by atoms with Gasteiger partial charge in [-0.3, -0.25) is 0 Å². The number of nitrogens with zero attached hydrogens (tertiary/aromatic N) is 2. The minimum Gasteiger partial charge on any atom is -0.395 e. The molecule has 0 bridgehead atoms. The Morgan fingerprint density at radius 1 is 1.64 bits per heavy atom. The summed E-state index contributed by atoms with van der Waals surface area (Å²) in [5, 5.41) is 8.78. The molecule has 1 aromatic heterocycles. The molecule has 3 N–H and O–H groups in total. The number of nitrogens with two attached hydrogens (primary N) is 1. The van der Waals surface area contributed by atoms with Crippen molar-refractivity contribution in [2.75, 3.05) is 6.61 Å². The number of hydrogen-bond acceptors (Lipinski definition) is 3. The van der Waals surface area contributed by atoms with Gasteiger partial charge in [0.15, 0.2) is 0 Å². The Balaban J connectivity index is 2.42. The van der Waals surface area contributed by atoms with Gasteiger partial charge in [0.25, 0.3) is 0 Å². The first kappa shape index (κ1) is 11.2. The first-order chi connectivity index (χ1) is 6.76. The Bertz CT molecular complexity index is 260. The number of hydrogen-bond donors (Lipinski definition) is 2. The average Bonchev–Trinajstić information content (AvgIpc) is 2.62. The highest BCUT2D eigenvalue weighted by molar-refractivity contribution is 4.99. The van der Waals surface area contributed by atoms with Crippen LogP contribution in [0.1, 0.15) is 25.5 Å². The third kappa shape index (κ3) is 3.47. The van der Waals surface area contributed by atoms with E-state index in [9.17, 15) is 0 Å². The van der Waals surface area contributed by atoms with Crippen molar-refractivity contribution in [1.29, 1.82) is 0 Å². The van der Waals surface area contributed by atoms with E-state index in [-0.39, 0.29) is 12.6 Å². The topological polar surface area (TPSA) is 64.1 Å². The molecular formula is C10H19N3O. The lowest BCUT2D eigenvalue weighted by Gasteiger charge is -2.04. The van der Waals surface area contributed by atoms with E-state index in [0.29, 0.717) is 6.42 Å². The summed E-state index contributed by atoms with van der Waals surface area (Å²) in [6.45, 7) is 3.19. The highest BCUT2D eigenvalue weighted by Crippen LogP contribution is 2.01. The monoisotopic (exact) mass is 197 g/mol. The molecule has 0 aliphatic rings. The van der Waals surface area contributed by atoms with Crippen LogP contribution < -0.4 is 5.73 Å². The Morgan fingerprint density at radius 3 is 3.07 bits per heavy atom. The number of imidazole rings is 1. The van der Waals surface area contributed by atoms with Crippen molar-refractivity contribution >= 4 is 0 Å². The second-order valence-corrected chi connectivity index (χ2v) is 3.60. The van der Waals surface area contributed by atoms with E-state index in [4.69, 9.17) is 10.8 Å². The lowest BCUT2D eigenvalue weighted by Crippen LogP contribution is -2.26. The molecule has 4 heteroatoms. The molecule has 1 rings (SSSR count). The number of aliphatic hydroxyl groups is 1. The van der Waals surface area contributed by atoms with Gasteiger partial charge < -0.3 is 15.4 Å². The molecule has 0 saturated carbocycles. The van der Waals surface area contributed by atoms with Gasteiger partial charge in [-0.25, -0.2) is 4.98 Å². The van der Waals surface area contributed by atoms with Crippen LogP contribution in [0.4, 0.5) is 0 Å². The molecule has 14 heavy (non-hydrogen) atoms. The fraction of sp³-hybridized carbons (Fsp3) is 0.700. The second-order valence-electron chi connectivity index (χ2n) is 3.60. The van der Waals surface area contributed by atoms with E-state index in [1.807, 2.05) is 12.5 Å². The number of aromatic nitrogens is 2. The van der Waals surface area contributed by atoms with E-state index < -0.39 is 0 Å². The van der Waals surface area contributed by atoms with Crippen LogP contribution in [0.25, 0.3) is 0 Å². The van der Waals surface area contributed by atoms with Crippen molar-refractivity contribution in [1.82, 2.24) is 9.55 Å². The molecule has 4 nitrogen and oxygen atoms in total. The highest BCUT2D eigenvalue weighted by Gasteiger charge is 2.04. The van der Waals surface area contributed by atoms with E-state index in [1.165, 1.54) is 12.8 Å². The maximum absolute atomic E-state index is 8.78. The largest absolute Gasteiger partial charge is 0.395 e. The third-order valence-electron chi connectivity index (χ3n) is 2.16. The highest BCUT2D eigenvalue weighted by atomic mass is 16.3. The van der Waals surface area contributed by atoms with Crippen LogP contribution in [-0.4, -0.2) is 27.3 Å². The Labute approximate surface area is 84.8 Å². The number of unbranched alkanes of at least 4 members (excludes halogenated alkanes) is 1. The molecule has 1 aromatic rings. The zero-order valence-corrected chi connectivity index (χ0v) is 8.69.